The first-order valence-electron chi connectivity index (χ1n) is 8.53. The lowest BCUT2D eigenvalue weighted by molar-refractivity contribution is 0.0626. The van der Waals surface area contributed by atoms with Crippen LogP contribution in [0.2, 0.25) is 0 Å². The third-order valence-corrected chi connectivity index (χ3v) is 4.86. The fourth-order valence-corrected chi connectivity index (χ4v) is 3.42. The number of hydrogen-bond acceptors (Lipinski definition) is 3. The zero-order valence-electron chi connectivity index (χ0n) is 13.6. The zero-order chi connectivity index (χ0) is 15.4. The van der Waals surface area contributed by atoms with Gasteiger partial charge >= 0.3 is 0 Å². The minimum absolute atomic E-state index is 0.183. The maximum absolute atomic E-state index is 12.5. The molecule has 0 aromatic heterocycles. The molecular weight excluding hydrogens is 274 g/mol. The Morgan fingerprint density at radius 1 is 0.955 bits per heavy atom. The maximum atomic E-state index is 12.5. The van der Waals surface area contributed by atoms with Crippen LogP contribution >= 0.6 is 0 Å². The Balaban J connectivity index is 1.45. The molecule has 0 unspecified atom stereocenters. The van der Waals surface area contributed by atoms with Gasteiger partial charge in [0.25, 0.3) is 5.91 Å². The minimum atomic E-state index is 0.183. The predicted molar refractivity (Wildman–Crippen MR) is 89.2 cm³/mol. The van der Waals surface area contributed by atoms with Crippen molar-refractivity contribution >= 4 is 5.91 Å². The molecule has 4 nitrogen and oxygen atoms in total. The van der Waals surface area contributed by atoms with Gasteiger partial charge in [0.05, 0.1) is 0 Å². The van der Waals surface area contributed by atoms with Crippen LogP contribution in [0.1, 0.15) is 28.8 Å². The molecule has 22 heavy (non-hydrogen) atoms. The van der Waals surface area contributed by atoms with Gasteiger partial charge < -0.3 is 9.80 Å². The molecule has 0 aliphatic carbocycles. The molecule has 2 heterocycles. The summed E-state index contributed by atoms with van der Waals surface area (Å²) in [7, 11) is 0. The zero-order valence-corrected chi connectivity index (χ0v) is 13.6. The van der Waals surface area contributed by atoms with Gasteiger partial charge in [-0.15, -0.1) is 0 Å². The number of carbonyl (C=O) groups excluding carboxylic acids is 1. The molecular formula is C18H27N3O. The first-order valence-corrected chi connectivity index (χ1v) is 8.53. The second-order valence-electron chi connectivity index (χ2n) is 6.55. The van der Waals surface area contributed by atoms with Crippen molar-refractivity contribution in [2.24, 2.45) is 0 Å². The smallest absolute Gasteiger partial charge is 0.253 e. The van der Waals surface area contributed by atoms with E-state index in [9.17, 15) is 4.79 Å². The largest absolute Gasteiger partial charge is 0.336 e. The van der Waals surface area contributed by atoms with Crippen molar-refractivity contribution in [2.45, 2.75) is 19.8 Å². The number of rotatable bonds is 4. The molecule has 1 amide bonds. The van der Waals surface area contributed by atoms with Crippen molar-refractivity contribution in [3.05, 3.63) is 35.4 Å². The molecule has 2 aliphatic heterocycles. The fourth-order valence-electron chi connectivity index (χ4n) is 3.42. The average Bonchev–Trinajstić information content (AvgIpc) is 3.06. The van der Waals surface area contributed by atoms with Crippen LogP contribution in [0.15, 0.2) is 24.3 Å². The van der Waals surface area contributed by atoms with Crippen molar-refractivity contribution in [1.82, 2.24) is 14.7 Å². The van der Waals surface area contributed by atoms with E-state index in [2.05, 4.69) is 9.80 Å². The summed E-state index contributed by atoms with van der Waals surface area (Å²) >= 11 is 0. The van der Waals surface area contributed by atoms with E-state index in [1.54, 1.807) is 0 Å². The molecule has 0 bridgehead atoms. The second-order valence-corrected chi connectivity index (χ2v) is 6.55. The van der Waals surface area contributed by atoms with Gasteiger partial charge in [-0.1, -0.05) is 17.7 Å². The number of aryl methyl sites for hydroxylation is 1. The quantitative estimate of drug-likeness (QED) is 0.849. The van der Waals surface area contributed by atoms with Gasteiger partial charge in [-0.2, -0.15) is 0 Å². The standard InChI is InChI=1S/C18H27N3O/c1-16-5-4-6-17(15-16)18(22)21-13-11-20(12-14-21)10-9-19-7-2-3-8-19/h4-6,15H,2-3,7-14H2,1H3. The van der Waals surface area contributed by atoms with E-state index in [0.29, 0.717) is 0 Å². The highest BCUT2D eigenvalue weighted by atomic mass is 16.2. The number of nitrogens with zero attached hydrogens (tertiary/aromatic N) is 3. The van der Waals surface area contributed by atoms with Crippen LogP contribution < -0.4 is 0 Å². The molecule has 0 spiro atoms. The van der Waals surface area contributed by atoms with E-state index in [0.717, 1.165) is 43.9 Å². The lowest BCUT2D eigenvalue weighted by atomic mass is 10.1. The summed E-state index contributed by atoms with van der Waals surface area (Å²) in [6.07, 6.45) is 2.72. The summed E-state index contributed by atoms with van der Waals surface area (Å²) in [5.74, 6) is 0.183. The molecule has 4 heteroatoms. The summed E-state index contributed by atoms with van der Waals surface area (Å²) in [5, 5.41) is 0. The van der Waals surface area contributed by atoms with Crippen LogP contribution in [0.5, 0.6) is 0 Å². The molecule has 2 fully saturated rings. The Hall–Kier alpha value is -1.39. The van der Waals surface area contributed by atoms with Gasteiger partial charge in [-0.3, -0.25) is 9.69 Å². The van der Waals surface area contributed by atoms with Crippen molar-refractivity contribution in [1.29, 1.82) is 0 Å². The van der Waals surface area contributed by atoms with E-state index in [-0.39, 0.29) is 5.91 Å². The van der Waals surface area contributed by atoms with Crippen LogP contribution in [0, 0.1) is 6.92 Å². The molecule has 2 saturated heterocycles. The van der Waals surface area contributed by atoms with E-state index < -0.39 is 0 Å². The number of piperazine rings is 1. The Morgan fingerprint density at radius 3 is 2.23 bits per heavy atom. The molecule has 0 radical (unpaired) electrons. The van der Waals surface area contributed by atoms with Crippen molar-refractivity contribution in [3.63, 3.8) is 0 Å². The highest BCUT2D eigenvalue weighted by Crippen LogP contribution is 2.11. The Morgan fingerprint density at radius 2 is 1.59 bits per heavy atom. The highest BCUT2D eigenvalue weighted by molar-refractivity contribution is 5.94. The molecule has 1 aromatic rings. The molecule has 2 aliphatic rings. The van der Waals surface area contributed by atoms with Gasteiger partial charge in [-0.05, 0) is 45.0 Å². The van der Waals surface area contributed by atoms with Crippen LogP contribution in [0.25, 0.3) is 0 Å². The SMILES string of the molecule is Cc1cccc(C(=O)N2CCN(CCN3CCCC3)CC2)c1. The van der Waals surface area contributed by atoms with E-state index in [4.69, 9.17) is 0 Å². The Bertz CT molecular complexity index is 503. The highest BCUT2D eigenvalue weighted by Gasteiger charge is 2.22. The van der Waals surface area contributed by atoms with Crippen molar-refractivity contribution in [3.8, 4) is 0 Å². The predicted octanol–water partition coefficient (Wildman–Crippen LogP) is 1.85. The lowest BCUT2D eigenvalue weighted by Gasteiger charge is -2.35. The number of amides is 1. The lowest BCUT2D eigenvalue weighted by Crippen LogP contribution is -2.50. The second kappa shape index (κ2) is 7.25. The third kappa shape index (κ3) is 3.87. The van der Waals surface area contributed by atoms with E-state index in [1.165, 1.54) is 32.5 Å². The summed E-state index contributed by atoms with van der Waals surface area (Å²) in [5.41, 5.74) is 1.97. The summed E-state index contributed by atoms with van der Waals surface area (Å²) < 4.78 is 0. The first kappa shape index (κ1) is 15.5. The van der Waals surface area contributed by atoms with E-state index >= 15 is 0 Å². The van der Waals surface area contributed by atoms with Crippen LogP contribution in [-0.4, -0.2) is 73.0 Å². The molecule has 0 atom stereocenters. The maximum Gasteiger partial charge on any atom is 0.253 e. The Kier molecular flexibility index (Phi) is 5.11. The number of hydrogen-bond donors (Lipinski definition) is 0. The topological polar surface area (TPSA) is 26.8 Å². The molecule has 3 rings (SSSR count). The van der Waals surface area contributed by atoms with Gasteiger partial charge in [0, 0.05) is 44.8 Å². The average molecular weight is 301 g/mol. The third-order valence-electron chi connectivity index (χ3n) is 4.86. The summed E-state index contributed by atoms with van der Waals surface area (Å²) in [4.78, 5) is 19.6. The molecule has 0 saturated carbocycles. The Labute approximate surface area is 133 Å². The summed E-state index contributed by atoms with van der Waals surface area (Å²) in [6, 6.07) is 7.92. The van der Waals surface area contributed by atoms with Gasteiger partial charge in [0.2, 0.25) is 0 Å². The van der Waals surface area contributed by atoms with Crippen LogP contribution in [0.4, 0.5) is 0 Å². The number of likely N-dealkylation sites (tertiary alicyclic amines) is 1. The molecule has 0 N–H and O–H groups in total. The number of benzene rings is 1. The van der Waals surface area contributed by atoms with Crippen LogP contribution in [-0.2, 0) is 0 Å². The van der Waals surface area contributed by atoms with Gasteiger partial charge in [0.15, 0.2) is 0 Å². The van der Waals surface area contributed by atoms with Gasteiger partial charge in [-0.25, -0.2) is 0 Å². The minimum Gasteiger partial charge on any atom is -0.336 e. The monoisotopic (exact) mass is 301 g/mol. The molecule has 1 aromatic carbocycles. The molecule has 120 valence electrons. The number of carbonyl (C=O) groups is 1. The van der Waals surface area contributed by atoms with Crippen molar-refractivity contribution < 1.29 is 4.79 Å². The summed E-state index contributed by atoms with van der Waals surface area (Å²) in [6.45, 7) is 10.6. The van der Waals surface area contributed by atoms with Crippen LogP contribution in [0.3, 0.4) is 0 Å². The fraction of sp³-hybridized carbons (Fsp3) is 0.611. The van der Waals surface area contributed by atoms with Gasteiger partial charge in [0.1, 0.15) is 0 Å². The van der Waals surface area contributed by atoms with E-state index in [1.807, 2.05) is 36.1 Å². The first-order chi connectivity index (χ1) is 10.7. The normalized spacial score (nSPS) is 20.5. The van der Waals surface area contributed by atoms with Crippen molar-refractivity contribution in [2.75, 3.05) is 52.4 Å².